The normalized spacial score (nSPS) is 11.1. The van der Waals surface area contributed by atoms with Crippen molar-refractivity contribution in [1.82, 2.24) is 29.9 Å². The fraction of sp³-hybridized carbons (Fsp3) is 0.0137. The van der Waals surface area contributed by atoms with E-state index in [-0.39, 0.29) is 18.0 Å². The Morgan fingerprint density at radius 3 is 0.954 bits per heavy atom. The van der Waals surface area contributed by atoms with E-state index in [2.05, 4.69) is 106 Å². The summed E-state index contributed by atoms with van der Waals surface area (Å²) in [7, 11) is -1.46. The van der Waals surface area contributed by atoms with Gasteiger partial charge in [0.1, 0.15) is 33.5 Å². The van der Waals surface area contributed by atoms with Gasteiger partial charge < -0.3 is 23.3 Å². The Morgan fingerprint density at radius 1 is 0.253 bits per heavy atom. The molecule has 0 spiro atoms. The summed E-state index contributed by atoms with van der Waals surface area (Å²) in [6.45, 7) is 0. The van der Waals surface area contributed by atoms with Crippen LogP contribution >= 0.6 is 23.2 Å². The van der Waals surface area contributed by atoms with Gasteiger partial charge in [0, 0.05) is 54.6 Å². The first-order chi connectivity index (χ1) is 42.2. The monoisotopic (exact) mass is 1170 g/mol. The molecule has 16 rings (SSSR count). The predicted octanol–water partition coefficient (Wildman–Crippen LogP) is 18.4. The Hall–Kier alpha value is -10.6. The average Bonchev–Trinajstić information content (AvgIpc) is 2.34. The highest BCUT2D eigenvalue weighted by Gasteiger charge is 2.17. The van der Waals surface area contributed by atoms with Crippen molar-refractivity contribution in [3.8, 4) is 78.9 Å². The third-order valence-corrected chi connectivity index (χ3v) is 15.2. The highest BCUT2D eigenvalue weighted by atomic mass is 35.5. The minimum absolute atomic E-state index is 0. The lowest BCUT2D eigenvalue weighted by Crippen LogP contribution is -2.29. The van der Waals surface area contributed by atoms with Crippen LogP contribution in [0, 0.1) is 0 Å². The van der Waals surface area contributed by atoms with Gasteiger partial charge in [0.2, 0.25) is 10.6 Å². The van der Waals surface area contributed by atoms with Crippen molar-refractivity contribution in [3.63, 3.8) is 0 Å². The summed E-state index contributed by atoms with van der Waals surface area (Å²) < 4.78 is 18.0. The summed E-state index contributed by atoms with van der Waals surface area (Å²) in [5.74, 6) is 2.33. The van der Waals surface area contributed by atoms with E-state index in [0.717, 1.165) is 121 Å². The number of rotatable bonds is 8. The minimum Gasteiger partial charge on any atom is -0.456 e. The first kappa shape index (κ1) is 55.6. The van der Waals surface area contributed by atoms with E-state index >= 15 is 0 Å². The van der Waals surface area contributed by atoms with Crippen LogP contribution in [0.4, 0.5) is 0 Å². The number of hydrogen-bond donors (Lipinski definition) is 2. The van der Waals surface area contributed by atoms with Crippen molar-refractivity contribution in [1.29, 1.82) is 0 Å². The van der Waals surface area contributed by atoms with Gasteiger partial charge in [0.25, 0.3) is 0 Å². The van der Waals surface area contributed by atoms with Crippen molar-refractivity contribution in [2.24, 2.45) is 0 Å². The standard InChI is InChI=1S/C45H27N3O2.C18H13BO3.C9H5Cl2N3.CH4/c1-2-10-28(11-3-1)43-46-44(33-14-8-12-29(24-33)31-20-22-41-37(26-31)35-16-4-6-18-39(35)49-41)48-45(47-43)34-15-9-13-30(25-34)32-21-23-42-38(27-32)36-17-5-7-19-40(36)50-42;20-19(21)14-5-3-4-12(10-14)13-8-9-18-16(11-13)15-6-1-2-7-17(15)22-18;10-8-12-7(13-9(11)14-8)6-4-2-1-3-5-6;/h1-27H;1-11,20-21H;1-5H;1H4. The number of fused-ring (bicyclic) bond motifs is 9. The smallest absolute Gasteiger partial charge is 0.456 e. The number of hydrogen-bond acceptors (Lipinski definition) is 11. The summed E-state index contributed by atoms with van der Waals surface area (Å²) in [6, 6.07) is 86.5. The molecule has 0 fully saturated rings. The fourth-order valence-electron chi connectivity index (χ4n) is 10.7. The van der Waals surface area contributed by atoms with Crippen LogP contribution in [0.3, 0.4) is 0 Å². The molecule has 5 aromatic heterocycles. The highest BCUT2D eigenvalue weighted by molar-refractivity contribution is 6.58. The van der Waals surface area contributed by atoms with Crippen LogP contribution in [0.1, 0.15) is 7.43 Å². The van der Waals surface area contributed by atoms with Gasteiger partial charge in [-0.15, -0.1) is 0 Å². The van der Waals surface area contributed by atoms with Gasteiger partial charge in [-0.25, -0.2) is 15.0 Å². The van der Waals surface area contributed by atoms with E-state index in [1.165, 1.54) is 0 Å². The largest absolute Gasteiger partial charge is 0.488 e. The van der Waals surface area contributed by atoms with Crippen molar-refractivity contribution in [2.45, 2.75) is 7.43 Å². The summed E-state index contributed by atoms with van der Waals surface area (Å²) >= 11 is 11.3. The molecule has 0 saturated carbocycles. The van der Waals surface area contributed by atoms with Gasteiger partial charge in [-0.1, -0.05) is 202 Å². The molecule has 0 aliphatic rings. The molecule has 0 atom stereocenters. The summed E-state index contributed by atoms with van der Waals surface area (Å²) in [4.78, 5) is 26.7. The Morgan fingerprint density at radius 2 is 0.552 bits per heavy atom. The molecule has 14 heteroatoms. The maximum atomic E-state index is 9.32. The third-order valence-electron chi connectivity index (χ3n) is 14.8. The predicted molar refractivity (Wildman–Crippen MR) is 353 cm³/mol. The lowest BCUT2D eigenvalue weighted by Gasteiger charge is -2.11. The summed E-state index contributed by atoms with van der Waals surface area (Å²) in [5.41, 5.74) is 15.6. The van der Waals surface area contributed by atoms with E-state index in [0.29, 0.717) is 28.8 Å². The number of halogens is 2. The van der Waals surface area contributed by atoms with Crippen molar-refractivity contribution in [2.75, 3.05) is 0 Å². The summed E-state index contributed by atoms with van der Waals surface area (Å²) in [5, 5.41) is 25.4. The highest BCUT2D eigenvalue weighted by Crippen LogP contribution is 2.37. The second kappa shape index (κ2) is 24.2. The maximum Gasteiger partial charge on any atom is 0.488 e. The van der Waals surface area contributed by atoms with E-state index in [9.17, 15) is 10.0 Å². The SMILES string of the molecule is C.Clc1nc(Cl)nc(-c2ccccc2)n1.OB(O)c1cccc(-c2ccc3oc4ccccc4c3c2)c1.c1ccc(-c2nc(-c3cccc(-c4ccc5oc6ccccc6c5c4)c3)nc(-c3cccc(-c4ccc5oc6ccccc6c5c4)c3)n2)cc1. The zero-order valence-electron chi connectivity index (χ0n) is 45.5. The molecule has 0 unspecified atom stereocenters. The molecule has 0 aliphatic carbocycles. The van der Waals surface area contributed by atoms with Crippen LogP contribution in [-0.4, -0.2) is 47.1 Å². The molecule has 87 heavy (non-hydrogen) atoms. The van der Waals surface area contributed by atoms with Crippen LogP contribution in [0.2, 0.25) is 10.6 Å². The van der Waals surface area contributed by atoms with Crippen LogP contribution in [0.15, 0.2) is 274 Å². The van der Waals surface area contributed by atoms with Gasteiger partial charge >= 0.3 is 7.12 Å². The maximum absolute atomic E-state index is 9.32. The van der Waals surface area contributed by atoms with E-state index in [4.69, 9.17) is 51.4 Å². The average molecular weight is 1170 g/mol. The topological polar surface area (TPSA) is 157 Å². The van der Waals surface area contributed by atoms with Crippen LogP contribution in [-0.2, 0) is 0 Å². The Labute approximate surface area is 509 Å². The molecule has 5 heterocycles. The number of furan rings is 3. The number of aromatic nitrogens is 6. The Bertz CT molecular complexity index is 4980. The molecule has 0 aliphatic heterocycles. The van der Waals surface area contributed by atoms with E-state index in [1.807, 2.05) is 158 Å². The van der Waals surface area contributed by atoms with E-state index in [1.54, 1.807) is 12.1 Å². The second-order valence-electron chi connectivity index (χ2n) is 20.3. The zero-order valence-corrected chi connectivity index (χ0v) is 47.0. The van der Waals surface area contributed by atoms with Gasteiger partial charge in [-0.05, 0) is 129 Å². The number of benzene rings is 11. The molecular formula is C73H49BCl2N6O5. The molecule has 16 aromatic rings. The molecule has 0 saturated heterocycles. The number of nitrogens with zero attached hydrogens (tertiary/aromatic N) is 6. The van der Waals surface area contributed by atoms with Crippen LogP contribution in [0.5, 0.6) is 0 Å². The molecule has 418 valence electrons. The fourth-order valence-corrected chi connectivity index (χ4v) is 11.0. The summed E-state index contributed by atoms with van der Waals surface area (Å²) in [6.07, 6.45) is 0. The Balaban J connectivity index is 0.000000154. The van der Waals surface area contributed by atoms with E-state index < -0.39 is 7.12 Å². The lowest BCUT2D eigenvalue weighted by molar-refractivity contribution is 0.426. The number of para-hydroxylation sites is 3. The van der Waals surface area contributed by atoms with Gasteiger partial charge in [0.05, 0.1) is 0 Å². The van der Waals surface area contributed by atoms with Crippen molar-refractivity contribution in [3.05, 3.63) is 271 Å². The molecular weight excluding hydrogens is 1120 g/mol. The second-order valence-corrected chi connectivity index (χ2v) is 21.0. The van der Waals surface area contributed by atoms with Gasteiger partial charge in [-0.2, -0.15) is 15.0 Å². The molecule has 11 nitrogen and oxygen atoms in total. The molecule has 2 N–H and O–H groups in total. The van der Waals surface area contributed by atoms with Gasteiger partial charge in [-0.3, -0.25) is 0 Å². The first-order valence-electron chi connectivity index (χ1n) is 27.6. The van der Waals surface area contributed by atoms with Crippen LogP contribution < -0.4 is 5.46 Å². The molecule has 0 bridgehead atoms. The van der Waals surface area contributed by atoms with Gasteiger partial charge in [0.15, 0.2) is 23.3 Å². The third kappa shape index (κ3) is 11.6. The molecule has 0 amide bonds. The first-order valence-corrected chi connectivity index (χ1v) is 28.3. The molecule has 11 aromatic carbocycles. The zero-order chi connectivity index (χ0) is 58.1. The van der Waals surface area contributed by atoms with Crippen LogP contribution in [0.25, 0.3) is 145 Å². The Kier molecular flexibility index (Phi) is 15.4. The molecule has 0 radical (unpaired) electrons. The van der Waals surface area contributed by atoms with Crippen molar-refractivity contribution < 1.29 is 23.3 Å². The quantitative estimate of drug-likeness (QED) is 0.140. The van der Waals surface area contributed by atoms with Crippen molar-refractivity contribution >= 4 is 102 Å². The lowest BCUT2D eigenvalue weighted by atomic mass is 9.79. The minimum atomic E-state index is -1.46.